The molecule has 2 nitrogen and oxygen atoms in total. The fourth-order valence-electron chi connectivity index (χ4n) is 1.27. The maximum absolute atomic E-state index is 5.38. The molecule has 2 heteroatoms. The lowest BCUT2D eigenvalue weighted by molar-refractivity contribution is -0.0102. The SMILES string of the molecule is COC1(C)CCCOCC1. The van der Waals surface area contributed by atoms with Gasteiger partial charge in [-0.2, -0.15) is 0 Å². The van der Waals surface area contributed by atoms with E-state index in [-0.39, 0.29) is 5.60 Å². The summed E-state index contributed by atoms with van der Waals surface area (Å²) in [5, 5.41) is 0. The van der Waals surface area contributed by atoms with Crippen molar-refractivity contribution in [2.75, 3.05) is 20.3 Å². The van der Waals surface area contributed by atoms with Crippen LogP contribution in [0.5, 0.6) is 0 Å². The molecule has 1 unspecified atom stereocenters. The zero-order chi connectivity index (χ0) is 7.45. The van der Waals surface area contributed by atoms with Crippen molar-refractivity contribution in [1.82, 2.24) is 0 Å². The van der Waals surface area contributed by atoms with E-state index >= 15 is 0 Å². The highest BCUT2D eigenvalue weighted by Crippen LogP contribution is 2.23. The Morgan fingerprint density at radius 1 is 1.30 bits per heavy atom. The summed E-state index contributed by atoms with van der Waals surface area (Å²) in [6, 6.07) is 0. The monoisotopic (exact) mass is 144 g/mol. The van der Waals surface area contributed by atoms with Gasteiger partial charge in [-0.15, -0.1) is 0 Å². The minimum Gasteiger partial charge on any atom is -0.381 e. The van der Waals surface area contributed by atoms with Gasteiger partial charge in [-0.05, 0) is 26.2 Å². The van der Waals surface area contributed by atoms with Crippen molar-refractivity contribution in [2.45, 2.75) is 31.8 Å². The highest BCUT2D eigenvalue weighted by molar-refractivity contribution is 4.76. The Bertz CT molecular complexity index is 93.4. The molecule has 0 aliphatic carbocycles. The second-order valence-corrected chi connectivity index (χ2v) is 3.12. The van der Waals surface area contributed by atoms with Gasteiger partial charge < -0.3 is 9.47 Å². The Hall–Kier alpha value is -0.0800. The van der Waals surface area contributed by atoms with Gasteiger partial charge in [0.15, 0.2) is 0 Å². The van der Waals surface area contributed by atoms with Crippen LogP contribution in [0, 0.1) is 0 Å². The molecule has 1 rings (SSSR count). The minimum atomic E-state index is 0.0799. The van der Waals surface area contributed by atoms with Gasteiger partial charge in [-0.25, -0.2) is 0 Å². The van der Waals surface area contributed by atoms with Gasteiger partial charge in [0.05, 0.1) is 5.60 Å². The van der Waals surface area contributed by atoms with Crippen LogP contribution in [0.4, 0.5) is 0 Å². The number of hydrogen-bond acceptors (Lipinski definition) is 2. The number of hydrogen-bond donors (Lipinski definition) is 0. The predicted octanol–water partition coefficient (Wildman–Crippen LogP) is 1.59. The van der Waals surface area contributed by atoms with Crippen molar-refractivity contribution < 1.29 is 9.47 Å². The summed E-state index contributed by atoms with van der Waals surface area (Å²) in [7, 11) is 1.78. The molecular formula is C8H16O2. The van der Waals surface area contributed by atoms with E-state index in [0.717, 1.165) is 32.5 Å². The molecule has 1 atom stereocenters. The van der Waals surface area contributed by atoms with Gasteiger partial charge >= 0.3 is 0 Å². The fourth-order valence-corrected chi connectivity index (χ4v) is 1.27. The summed E-state index contributed by atoms with van der Waals surface area (Å²) in [5.41, 5.74) is 0.0799. The molecule has 0 saturated carbocycles. The quantitative estimate of drug-likeness (QED) is 0.556. The first-order chi connectivity index (χ1) is 4.77. The van der Waals surface area contributed by atoms with E-state index in [4.69, 9.17) is 9.47 Å². The Morgan fingerprint density at radius 2 is 2.10 bits per heavy atom. The van der Waals surface area contributed by atoms with Crippen LogP contribution in [-0.4, -0.2) is 25.9 Å². The van der Waals surface area contributed by atoms with Crippen molar-refractivity contribution in [2.24, 2.45) is 0 Å². The molecule has 0 aromatic heterocycles. The smallest absolute Gasteiger partial charge is 0.0673 e. The van der Waals surface area contributed by atoms with Crippen LogP contribution in [0.2, 0.25) is 0 Å². The first-order valence-electron chi connectivity index (χ1n) is 3.90. The van der Waals surface area contributed by atoms with Gasteiger partial charge in [0.25, 0.3) is 0 Å². The van der Waals surface area contributed by atoms with Crippen LogP contribution in [0.15, 0.2) is 0 Å². The topological polar surface area (TPSA) is 18.5 Å². The molecule has 0 spiro atoms. The average molecular weight is 144 g/mol. The van der Waals surface area contributed by atoms with Crippen LogP contribution < -0.4 is 0 Å². The maximum Gasteiger partial charge on any atom is 0.0673 e. The number of ether oxygens (including phenoxy) is 2. The average Bonchev–Trinajstić information content (AvgIpc) is 2.15. The molecule has 1 aliphatic rings. The molecule has 60 valence electrons. The highest BCUT2D eigenvalue weighted by atomic mass is 16.5. The molecule has 1 heterocycles. The van der Waals surface area contributed by atoms with E-state index in [9.17, 15) is 0 Å². The van der Waals surface area contributed by atoms with E-state index in [0.29, 0.717) is 0 Å². The normalized spacial score (nSPS) is 35.4. The standard InChI is InChI=1S/C8H16O2/c1-8(9-2)4-3-6-10-7-5-8/h3-7H2,1-2H3. The van der Waals surface area contributed by atoms with Crippen molar-refractivity contribution in [1.29, 1.82) is 0 Å². The zero-order valence-electron chi connectivity index (χ0n) is 6.85. The van der Waals surface area contributed by atoms with E-state index in [2.05, 4.69) is 6.92 Å². The van der Waals surface area contributed by atoms with Crippen molar-refractivity contribution in [3.8, 4) is 0 Å². The highest BCUT2D eigenvalue weighted by Gasteiger charge is 2.24. The van der Waals surface area contributed by atoms with E-state index in [1.807, 2.05) is 0 Å². The Morgan fingerprint density at radius 3 is 2.80 bits per heavy atom. The summed E-state index contributed by atoms with van der Waals surface area (Å²) < 4.78 is 10.7. The lowest BCUT2D eigenvalue weighted by atomic mass is 9.97. The Kier molecular flexibility index (Phi) is 2.69. The Labute approximate surface area is 62.5 Å². The molecule has 1 aliphatic heterocycles. The summed E-state index contributed by atoms with van der Waals surface area (Å²) in [6.45, 7) is 3.91. The first kappa shape index (κ1) is 8.02. The van der Waals surface area contributed by atoms with Crippen molar-refractivity contribution in [3.05, 3.63) is 0 Å². The summed E-state index contributed by atoms with van der Waals surface area (Å²) in [6.07, 6.45) is 3.29. The van der Waals surface area contributed by atoms with Gasteiger partial charge in [0.1, 0.15) is 0 Å². The zero-order valence-corrected chi connectivity index (χ0v) is 6.85. The van der Waals surface area contributed by atoms with Crippen LogP contribution in [0.1, 0.15) is 26.2 Å². The fraction of sp³-hybridized carbons (Fsp3) is 1.00. The van der Waals surface area contributed by atoms with Gasteiger partial charge in [0, 0.05) is 20.3 Å². The van der Waals surface area contributed by atoms with E-state index in [1.54, 1.807) is 7.11 Å². The lowest BCUT2D eigenvalue weighted by Gasteiger charge is -2.25. The maximum atomic E-state index is 5.38. The van der Waals surface area contributed by atoms with Crippen molar-refractivity contribution in [3.63, 3.8) is 0 Å². The largest absolute Gasteiger partial charge is 0.381 e. The molecule has 1 fully saturated rings. The number of rotatable bonds is 1. The Balaban J connectivity index is 2.41. The number of methoxy groups -OCH3 is 1. The summed E-state index contributed by atoms with van der Waals surface area (Å²) >= 11 is 0. The van der Waals surface area contributed by atoms with Crippen LogP contribution in [-0.2, 0) is 9.47 Å². The molecule has 0 amide bonds. The van der Waals surface area contributed by atoms with Crippen LogP contribution >= 0.6 is 0 Å². The minimum absolute atomic E-state index is 0.0799. The third-order valence-electron chi connectivity index (χ3n) is 2.26. The van der Waals surface area contributed by atoms with E-state index in [1.165, 1.54) is 0 Å². The molecule has 0 radical (unpaired) electrons. The lowest BCUT2D eigenvalue weighted by Crippen LogP contribution is -2.27. The third kappa shape index (κ3) is 1.96. The van der Waals surface area contributed by atoms with Crippen LogP contribution in [0.3, 0.4) is 0 Å². The van der Waals surface area contributed by atoms with Crippen molar-refractivity contribution >= 4 is 0 Å². The first-order valence-corrected chi connectivity index (χ1v) is 3.90. The van der Waals surface area contributed by atoms with E-state index < -0.39 is 0 Å². The summed E-state index contributed by atoms with van der Waals surface area (Å²) in [5.74, 6) is 0. The molecule has 0 aromatic rings. The molecule has 0 bridgehead atoms. The second-order valence-electron chi connectivity index (χ2n) is 3.12. The summed E-state index contributed by atoms with van der Waals surface area (Å²) in [4.78, 5) is 0. The predicted molar refractivity (Wildman–Crippen MR) is 40.1 cm³/mol. The van der Waals surface area contributed by atoms with Crippen LogP contribution in [0.25, 0.3) is 0 Å². The molecule has 10 heavy (non-hydrogen) atoms. The third-order valence-corrected chi connectivity index (χ3v) is 2.26. The van der Waals surface area contributed by atoms with Gasteiger partial charge in [-0.1, -0.05) is 0 Å². The molecule has 0 N–H and O–H groups in total. The van der Waals surface area contributed by atoms with Gasteiger partial charge in [0.2, 0.25) is 0 Å². The molecule has 1 saturated heterocycles. The van der Waals surface area contributed by atoms with Gasteiger partial charge in [-0.3, -0.25) is 0 Å². The molecule has 0 aromatic carbocycles. The molecular weight excluding hydrogens is 128 g/mol. The second kappa shape index (κ2) is 3.35.